The van der Waals surface area contributed by atoms with Crippen molar-refractivity contribution in [3.63, 3.8) is 0 Å². The van der Waals surface area contributed by atoms with Gasteiger partial charge in [-0.2, -0.15) is 0 Å². The molecular weight excluding hydrogens is 434 g/mol. The number of ketones is 1. The van der Waals surface area contributed by atoms with E-state index in [1.54, 1.807) is 73.3 Å². The average molecular weight is 452 g/mol. The maximum atomic E-state index is 12.5. The summed E-state index contributed by atoms with van der Waals surface area (Å²) in [5.74, 6) is 0.600. The Morgan fingerprint density at radius 1 is 1.10 bits per heavy atom. The van der Waals surface area contributed by atoms with Gasteiger partial charge in [0.1, 0.15) is 5.76 Å². The predicted octanol–water partition coefficient (Wildman–Crippen LogP) is 5.02. The number of amides is 1. The van der Waals surface area contributed by atoms with Crippen LogP contribution in [-0.4, -0.2) is 27.0 Å². The molecule has 8 heteroatoms. The fourth-order valence-electron chi connectivity index (χ4n) is 2.97. The van der Waals surface area contributed by atoms with Gasteiger partial charge in [-0.3, -0.25) is 14.2 Å². The third-order valence-corrected chi connectivity index (χ3v) is 5.80. The van der Waals surface area contributed by atoms with Gasteiger partial charge >= 0.3 is 0 Å². The second kappa shape index (κ2) is 9.68. The zero-order valence-corrected chi connectivity index (χ0v) is 17.9. The molecule has 0 aliphatic rings. The summed E-state index contributed by atoms with van der Waals surface area (Å²) in [7, 11) is 0. The lowest BCUT2D eigenvalue weighted by Crippen LogP contribution is -2.22. The maximum absolute atomic E-state index is 12.5. The van der Waals surface area contributed by atoms with Gasteiger partial charge in [0.25, 0.3) is 5.91 Å². The molecule has 0 aliphatic carbocycles. The Hall–Kier alpha value is -3.29. The van der Waals surface area contributed by atoms with Gasteiger partial charge in [0.05, 0.1) is 23.6 Å². The van der Waals surface area contributed by atoms with Crippen LogP contribution in [0.25, 0.3) is 5.69 Å². The first-order valence-corrected chi connectivity index (χ1v) is 10.8. The van der Waals surface area contributed by atoms with Crippen molar-refractivity contribution in [3.8, 4) is 5.69 Å². The van der Waals surface area contributed by atoms with Crippen molar-refractivity contribution >= 4 is 35.1 Å². The summed E-state index contributed by atoms with van der Waals surface area (Å²) in [5, 5.41) is 3.91. The van der Waals surface area contributed by atoms with E-state index in [0.29, 0.717) is 33.6 Å². The second-order valence-electron chi connectivity index (χ2n) is 6.58. The van der Waals surface area contributed by atoms with E-state index in [2.05, 4.69) is 10.3 Å². The molecule has 0 atom stereocenters. The first-order valence-electron chi connectivity index (χ1n) is 9.47. The molecule has 0 unspecified atom stereocenters. The van der Waals surface area contributed by atoms with Gasteiger partial charge in [-0.15, -0.1) is 0 Å². The van der Waals surface area contributed by atoms with Crippen LogP contribution in [0.1, 0.15) is 26.5 Å². The Bertz CT molecular complexity index is 1200. The van der Waals surface area contributed by atoms with E-state index in [1.807, 2.05) is 10.6 Å². The fourth-order valence-corrected chi connectivity index (χ4v) is 4.07. The highest BCUT2D eigenvalue weighted by Gasteiger charge is 2.14. The van der Waals surface area contributed by atoms with Crippen molar-refractivity contribution in [2.75, 3.05) is 5.75 Å². The standard InChI is InChI=1S/C23H18ClN3O3S/c24-20-9-2-1-8-19(20)21(28)15-31-23-25-10-11-27(23)17-6-3-5-16(13-17)22(29)26-14-18-7-4-12-30-18/h1-13H,14-15H2,(H,26,29). The quantitative estimate of drug-likeness (QED) is 0.300. The lowest BCUT2D eigenvalue weighted by Gasteiger charge is -2.10. The lowest BCUT2D eigenvalue weighted by atomic mass is 10.1. The second-order valence-corrected chi connectivity index (χ2v) is 7.93. The van der Waals surface area contributed by atoms with Crippen LogP contribution in [-0.2, 0) is 6.54 Å². The molecule has 2 aromatic heterocycles. The topological polar surface area (TPSA) is 77.1 Å². The molecule has 0 bridgehead atoms. The van der Waals surface area contributed by atoms with Crippen molar-refractivity contribution < 1.29 is 14.0 Å². The van der Waals surface area contributed by atoms with Crippen molar-refractivity contribution in [3.05, 3.63) is 101 Å². The maximum Gasteiger partial charge on any atom is 0.251 e. The molecule has 1 amide bonds. The largest absolute Gasteiger partial charge is 0.467 e. The van der Waals surface area contributed by atoms with E-state index in [-0.39, 0.29) is 17.4 Å². The highest BCUT2D eigenvalue weighted by atomic mass is 35.5. The van der Waals surface area contributed by atoms with Crippen LogP contribution >= 0.6 is 23.4 Å². The van der Waals surface area contributed by atoms with Gasteiger partial charge in [0, 0.05) is 29.2 Å². The first kappa shape index (κ1) is 21.0. The first-order chi connectivity index (χ1) is 15.1. The molecule has 1 N–H and O–H groups in total. The van der Waals surface area contributed by atoms with Crippen LogP contribution in [0.3, 0.4) is 0 Å². The Labute approximate surface area is 188 Å². The number of rotatable bonds is 8. The number of halogens is 1. The van der Waals surface area contributed by atoms with Crippen LogP contribution in [0.2, 0.25) is 5.02 Å². The normalized spacial score (nSPS) is 10.7. The number of carbonyl (C=O) groups excluding carboxylic acids is 2. The molecule has 6 nitrogen and oxygen atoms in total. The van der Waals surface area contributed by atoms with E-state index in [9.17, 15) is 9.59 Å². The number of nitrogens with one attached hydrogen (secondary N) is 1. The third kappa shape index (κ3) is 5.07. The minimum absolute atomic E-state index is 0.0730. The van der Waals surface area contributed by atoms with E-state index in [1.165, 1.54) is 11.8 Å². The van der Waals surface area contributed by atoms with Crippen LogP contribution in [0, 0.1) is 0 Å². The minimum atomic E-state index is -0.207. The van der Waals surface area contributed by atoms with Crippen molar-refractivity contribution in [2.24, 2.45) is 0 Å². The van der Waals surface area contributed by atoms with Gasteiger partial charge in [-0.25, -0.2) is 4.98 Å². The van der Waals surface area contributed by atoms with Crippen molar-refractivity contribution in [1.82, 2.24) is 14.9 Å². The van der Waals surface area contributed by atoms with E-state index in [4.69, 9.17) is 16.0 Å². The number of imidazole rings is 1. The van der Waals surface area contributed by atoms with Crippen molar-refractivity contribution in [2.45, 2.75) is 11.7 Å². The summed E-state index contributed by atoms with van der Waals surface area (Å²) in [6.07, 6.45) is 5.02. The number of nitrogens with zero attached hydrogens (tertiary/aromatic N) is 2. The number of Topliss-reactive ketones (excluding diaryl/α,β-unsaturated/α-hetero) is 1. The molecule has 2 aromatic carbocycles. The Morgan fingerprint density at radius 3 is 2.77 bits per heavy atom. The fraction of sp³-hybridized carbons (Fsp3) is 0.0870. The average Bonchev–Trinajstić information content (AvgIpc) is 3.48. The van der Waals surface area contributed by atoms with Crippen LogP contribution in [0.4, 0.5) is 0 Å². The number of thioether (sulfide) groups is 1. The zero-order chi connectivity index (χ0) is 21.6. The molecule has 31 heavy (non-hydrogen) atoms. The number of hydrogen-bond donors (Lipinski definition) is 1. The molecule has 156 valence electrons. The van der Waals surface area contributed by atoms with E-state index >= 15 is 0 Å². The summed E-state index contributed by atoms with van der Waals surface area (Å²) in [6, 6.07) is 17.8. The molecule has 0 spiro atoms. The lowest BCUT2D eigenvalue weighted by molar-refractivity contribution is 0.0947. The van der Waals surface area contributed by atoms with Gasteiger partial charge in [-0.1, -0.05) is 41.6 Å². The van der Waals surface area contributed by atoms with E-state index < -0.39 is 0 Å². The highest BCUT2D eigenvalue weighted by Crippen LogP contribution is 2.24. The number of benzene rings is 2. The molecule has 0 fully saturated rings. The van der Waals surface area contributed by atoms with Gasteiger partial charge in [-0.05, 0) is 42.5 Å². The van der Waals surface area contributed by atoms with Gasteiger partial charge < -0.3 is 9.73 Å². The molecule has 0 saturated carbocycles. The molecule has 0 saturated heterocycles. The molecule has 2 heterocycles. The van der Waals surface area contributed by atoms with Crippen LogP contribution in [0.15, 0.2) is 88.9 Å². The monoisotopic (exact) mass is 451 g/mol. The highest BCUT2D eigenvalue weighted by molar-refractivity contribution is 7.99. The molecule has 0 aliphatic heterocycles. The molecule has 0 radical (unpaired) electrons. The summed E-state index contributed by atoms with van der Waals surface area (Å²) < 4.78 is 7.08. The number of furan rings is 1. The smallest absolute Gasteiger partial charge is 0.251 e. The zero-order valence-electron chi connectivity index (χ0n) is 16.3. The van der Waals surface area contributed by atoms with E-state index in [0.717, 1.165) is 5.69 Å². The molecule has 4 aromatic rings. The molecule has 4 rings (SSSR count). The number of hydrogen-bond acceptors (Lipinski definition) is 5. The van der Waals surface area contributed by atoms with Crippen molar-refractivity contribution in [1.29, 1.82) is 0 Å². The van der Waals surface area contributed by atoms with Crippen LogP contribution < -0.4 is 5.32 Å². The Morgan fingerprint density at radius 2 is 1.97 bits per heavy atom. The summed E-state index contributed by atoms with van der Waals surface area (Å²) >= 11 is 7.43. The summed E-state index contributed by atoms with van der Waals surface area (Å²) in [4.78, 5) is 29.4. The Balaban J connectivity index is 1.45. The summed E-state index contributed by atoms with van der Waals surface area (Å²) in [5.41, 5.74) is 1.78. The van der Waals surface area contributed by atoms with Crippen LogP contribution in [0.5, 0.6) is 0 Å². The van der Waals surface area contributed by atoms with Gasteiger partial charge in [0.15, 0.2) is 10.9 Å². The Kier molecular flexibility index (Phi) is 6.54. The minimum Gasteiger partial charge on any atom is -0.467 e. The SMILES string of the molecule is O=C(NCc1ccco1)c1cccc(-n2ccnc2SCC(=O)c2ccccc2Cl)c1. The number of carbonyl (C=O) groups is 2. The number of aromatic nitrogens is 2. The van der Waals surface area contributed by atoms with Gasteiger partial charge in [0.2, 0.25) is 0 Å². The predicted molar refractivity (Wildman–Crippen MR) is 120 cm³/mol. The molecular formula is C23H18ClN3O3S. The summed E-state index contributed by atoms with van der Waals surface area (Å²) in [6.45, 7) is 0.312. The third-order valence-electron chi connectivity index (χ3n) is 4.50.